The zero-order valence-electron chi connectivity index (χ0n) is 12.9. The van der Waals surface area contributed by atoms with Gasteiger partial charge in [0.15, 0.2) is 5.69 Å². The lowest BCUT2D eigenvalue weighted by Crippen LogP contribution is -2.31. The number of carbonyl (C=O) groups is 1. The minimum atomic E-state index is -1.10. The molecule has 0 amide bonds. The number of oxazole rings is 1. The average molecular weight is 357 g/mol. The summed E-state index contributed by atoms with van der Waals surface area (Å²) < 4.78 is 5.25. The lowest BCUT2D eigenvalue weighted by Gasteiger charge is -2.27. The normalized spacial score (nSPS) is 12.6. The molecule has 124 valence electrons. The van der Waals surface area contributed by atoms with E-state index in [0.29, 0.717) is 29.0 Å². The van der Waals surface area contributed by atoms with Gasteiger partial charge in [-0.05, 0) is 31.0 Å². The van der Waals surface area contributed by atoms with Crippen molar-refractivity contribution >= 4 is 29.2 Å². The van der Waals surface area contributed by atoms with Crippen LogP contribution in [-0.2, 0) is 13.1 Å². The molecule has 2 rings (SSSR count). The van der Waals surface area contributed by atoms with E-state index in [9.17, 15) is 4.79 Å². The summed E-state index contributed by atoms with van der Waals surface area (Å²) in [7, 11) is 0. The third-order valence-corrected chi connectivity index (χ3v) is 4.30. The largest absolute Gasteiger partial charge is 0.476 e. The first kappa shape index (κ1) is 17.8. The van der Waals surface area contributed by atoms with Gasteiger partial charge in [0.1, 0.15) is 6.26 Å². The van der Waals surface area contributed by atoms with Gasteiger partial charge in [0.2, 0.25) is 5.89 Å². The highest BCUT2D eigenvalue weighted by Crippen LogP contribution is 2.24. The van der Waals surface area contributed by atoms with E-state index < -0.39 is 5.97 Å². The summed E-state index contributed by atoms with van der Waals surface area (Å²) in [6.07, 6.45) is 2.08. The topological polar surface area (TPSA) is 66.6 Å². The lowest BCUT2D eigenvalue weighted by atomic mass is 10.1. The molecule has 2 aromatic rings. The van der Waals surface area contributed by atoms with Gasteiger partial charge >= 0.3 is 5.97 Å². The van der Waals surface area contributed by atoms with Crippen molar-refractivity contribution in [1.82, 2.24) is 9.88 Å². The minimum Gasteiger partial charge on any atom is -0.476 e. The van der Waals surface area contributed by atoms with E-state index in [1.807, 2.05) is 6.07 Å². The van der Waals surface area contributed by atoms with E-state index in [0.717, 1.165) is 18.2 Å². The highest BCUT2D eigenvalue weighted by molar-refractivity contribution is 6.35. The molecule has 1 aromatic carbocycles. The highest BCUT2D eigenvalue weighted by atomic mass is 35.5. The Kier molecular flexibility index (Phi) is 6.04. The molecule has 1 N–H and O–H groups in total. The maximum atomic E-state index is 10.9. The molecule has 0 radical (unpaired) electrons. The molecule has 1 unspecified atom stereocenters. The molecular weight excluding hydrogens is 339 g/mol. The molecule has 0 fully saturated rings. The fourth-order valence-corrected chi connectivity index (χ4v) is 2.62. The van der Waals surface area contributed by atoms with Crippen molar-refractivity contribution in [2.24, 2.45) is 0 Å². The molecule has 0 saturated heterocycles. The molecule has 1 aromatic heterocycles. The van der Waals surface area contributed by atoms with Crippen molar-refractivity contribution in [1.29, 1.82) is 0 Å². The number of benzene rings is 1. The average Bonchev–Trinajstić information content (AvgIpc) is 2.97. The summed E-state index contributed by atoms with van der Waals surface area (Å²) in [5.41, 5.74) is 0.856. The number of halogens is 2. The predicted molar refractivity (Wildman–Crippen MR) is 88.9 cm³/mol. The van der Waals surface area contributed by atoms with Crippen LogP contribution >= 0.6 is 23.2 Å². The zero-order chi connectivity index (χ0) is 17.0. The molecule has 0 aliphatic heterocycles. The van der Waals surface area contributed by atoms with Crippen molar-refractivity contribution in [2.75, 3.05) is 0 Å². The summed E-state index contributed by atoms with van der Waals surface area (Å²) in [5.74, 6) is -0.733. The van der Waals surface area contributed by atoms with Gasteiger partial charge in [-0.15, -0.1) is 0 Å². The van der Waals surface area contributed by atoms with Crippen LogP contribution in [0.2, 0.25) is 10.0 Å². The second-order valence-electron chi connectivity index (χ2n) is 5.33. The van der Waals surface area contributed by atoms with Gasteiger partial charge in [-0.25, -0.2) is 9.78 Å². The Morgan fingerprint density at radius 3 is 2.70 bits per heavy atom. The van der Waals surface area contributed by atoms with Crippen LogP contribution in [-0.4, -0.2) is 27.0 Å². The van der Waals surface area contributed by atoms with Crippen molar-refractivity contribution < 1.29 is 14.3 Å². The summed E-state index contributed by atoms with van der Waals surface area (Å²) in [6.45, 7) is 5.17. The third-order valence-electron chi connectivity index (χ3n) is 3.71. The number of aromatic nitrogens is 1. The number of nitrogens with zero attached hydrogens (tertiary/aromatic N) is 2. The fourth-order valence-electron chi connectivity index (χ4n) is 2.15. The maximum Gasteiger partial charge on any atom is 0.357 e. The van der Waals surface area contributed by atoms with E-state index in [4.69, 9.17) is 32.7 Å². The number of hydrogen-bond acceptors (Lipinski definition) is 4. The number of carboxylic acids is 1. The Bertz CT molecular complexity index is 688. The standard InChI is InChI=1S/C16H18Cl2N2O3/c1-3-10(2)20(7-11-4-5-12(17)6-13(11)18)8-15-19-14(9-23-15)16(21)22/h4-6,9-10H,3,7-8H2,1-2H3,(H,21,22). The maximum absolute atomic E-state index is 10.9. The molecule has 1 atom stereocenters. The highest BCUT2D eigenvalue weighted by Gasteiger charge is 2.19. The molecule has 0 spiro atoms. The quantitative estimate of drug-likeness (QED) is 0.791. The van der Waals surface area contributed by atoms with E-state index in [2.05, 4.69) is 23.7 Å². The van der Waals surface area contributed by atoms with E-state index in [-0.39, 0.29) is 11.7 Å². The Labute approximate surface area is 144 Å². The second-order valence-corrected chi connectivity index (χ2v) is 6.17. The van der Waals surface area contributed by atoms with E-state index >= 15 is 0 Å². The first-order valence-electron chi connectivity index (χ1n) is 7.26. The third kappa shape index (κ3) is 4.70. The molecule has 0 aliphatic carbocycles. The van der Waals surface area contributed by atoms with Crippen LogP contribution in [0.5, 0.6) is 0 Å². The molecule has 1 heterocycles. The molecular formula is C16H18Cl2N2O3. The van der Waals surface area contributed by atoms with Gasteiger partial charge in [0, 0.05) is 22.6 Å². The van der Waals surface area contributed by atoms with Gasteiger partial charge in [-0.1, -0.05) is 36.2 Å². The minimum absolute atomic E-state index is 0.0892. The van der Waals surface area contributed by atoms with Crippen molar-refractivity contribution in [3.05, 3.63) is 51.7 Å². The Balaban J connectivity index is 2.17. The van der Waals surface area contributed by atoms with Crippen LogP contribution in [0.4, 0.5) is 0 Å². The molecule has 0 saturated carbocycles. The van der Waals surface area contributed by atoms with Crippen LogP contribution in [0, 0.1) is 0 Å². The summed E-state index contributed by atoms with van der Waals surface area (Å²) in [5, 5.41) is 10.1. The molecule has 0 bridgehead atoms. The number of rotatable bonds is 7. The van der Waals surface area contributed by atoms with Crippen molar-refractivity contribution in [3.63, 3.8) is 0 Å². The van der Waals surface area contributed by atoms with Gasteiger partial charge in [-0.3, -0.25) is 4.90 Å². The monoisotopic (exact) mass is 356 g/mol. The van der Waals surface area contributed by atoms with Crippen LogP contribution < -0.4 is 0 Å². The van der Waals surface area contributed by atoms with Crippen LogP contribution in [0.3, 0.4) is 0 Å². The first-order chi connectivity index (χ1) is 10.9. The predicted octanol–water partition coefficient (Wildman–Crippen LogP) is 4.48. The Morgan fingerprint density at radius 2 is 2.13 bits per heavy atom. The van der Waals surface area contributed by atoms with Gasteiger partial charge in [-0.2, -0.15) is 0 Å². The second kappa shape index (κ2) is 7.81. The summed E-state index contributed by atoms with van der Waals surface area (Å²) in [4.78, 5) is 17.0. The van der Waals surface area contributed by atoms with Crippen LogP contribution in [0.15, 0.2) is 28.9 Å². The number of aromatic carboxylic acids is 1. The Morgan fingerprint density at radius 1 is 1.39 bits per heavy atom. The molecule has 23 heavy (non-hydrogen) atoms. The summed E-state index contributed by atoms with van der Waals surface area (Å²) in [6, 6.07) is 5.65. The SMILES string of the molecule is CCC(C)N(Cc1nc(C(=O)O)co1)Cc1ccc(Cl)cc1Cl. The Hall–Kier alpha value is -1.56. The lowest BCUT2D eigenvalue weighted by molar-refractivity contribution is 0.0690. The molecule has 0 aliphatic rings. The first-order valence-corrected chi connectivity index (χ1v) is 8.02. The van der Waals surface area contributed by atoms with Gasteiger partial charge in [0.25, 0.3) is 0 Å². The van der Waals surface area contributed by atoms with Gasteiger partial charge in [0.05, 0.1) is 6.54 Å². The summed E-state index contributed by atoms with van der Waals surface area (Å²) >= 11 is 12.2. The molecule has 7 heteroatoms. The van der Waals surface area contributed by atoms with Crippen molar-refractivity contribution in [3.8, 4) is 0 Å². The smallest absolute Gasteiger partial charge is 0.357 e. The van der Waals surface area contributed by atoms with E-state index in [1.165, 1.54) is 0 Å². The van der Waals surface area contributed by atoms with Crippen LogP contribution in [0.25, 0.3) is 0 Å². The van der Waals surface area contributed by atoms with Crippen molar-refractivity contribution in [2.45, 2.75) is 39.4 Å². The van der Waals surface area contributed by atoms with Gasteiger partial charge < -0.3 is 9.52 Å². The molecule has 5 nitrogen and oxygen atoms in total. The van der Waals surface area contributed by atoms with Crippen LogP contribution in [0.1, 0.15) is 42.2 Å². The zero-order valence-corrected chi connectivity index (χ0v) is 14.4. The number of carboxylic acid groups (broad SMARTS) is 1. The fraction of sp³-hybridized carbons (Fsp3) is 0.375. The number of hydrogen-bond donors (Lipinski definition) is 1. The van der Waals surface area contributed by atoms with E-state index in [1.54, 1.807) is 12.1 Å².